The number of hydrogen-bond donors (Lipinski definition) is 0. The molecule has 1 fully saturated rings. The van der Waals surface area contributed by atoms with Crippen LogP contribution >= 0.6 is 11.6 Å². The normalized spacial score (nSPS) is 25.3. The van der Waals surface area contributed by atoms with Gasteiger partial charge in [-0.25, -0.2) is 8.78 Å². The van der Waals surface area contributed by atoms with Crippen molar-refractivity contribution in [2.24, 2.45) is 11.8 Å². The molecular formula is C25H29ClF2O3. The minimum atomic E-state index is -3.10. The van der Waals surface area contributed by atoms with Gasteiger partial charge >= 0.3 is 5.97 Å². The van der Waals surface area contributed by atoms with Crippen LogP contribution in [-0.2, 0) is 27.1 Å². The standard InChI is InChI=1S/C25H29ClF2O3/c1-5-18-6-8-19(9-7-18)12-21-13-20(10-11-22(21)26)24-15(2)16(3)25(27,28)23(31-24)14-30-17(4)29/h6-11,13,15-16,23-24H,5,12,14H2,1-4H3. The highest BCUT2D eigenvalue weighted by atomic mass is 35.5. The Labute approximate surface area is 187 Å². The van der Waals surface area contributed by atoms with Crippen LogP contribution in [0.4, 0.5) is 8.78 Å². The third-order valence-electron chi connectivity index (χ3n) is 6.28. The van der Waals surface area contributed by atoms with Crippen LogP contribution in [0.2, 0.25) is 5.02 Å². The first kappa shape index (κ1) is 23.7. The van der Waals surface area contributed by atoms with Gasteiger partial charge in [-0.15, -0.1) is 0 Å². The number of esters is 1. The minimum absolute atomic E-state index is 0.429. The van der Waals surface area contributed by atoms with Crippen LogP contribution in [0.25, 0.3) is 0 Å². The summed E-state index contributed by atoms with van der Waals surface area (Å²) in [5.41, 5.74) is 4.11. The number of alkyl halides is 2. The van der Waals surface area contributed by atoms with E-state index in [0.29, 0.717) is 11.4 Å². The van der Waals surface area contributed by atoms with Crippen LogP contribution in [0.3, 0.4) is 0 Å². The molecule has 2 aromatic carbocycles. The topological polar surface area (TPSA) is 35.5 Å². The zero-order valence-electron chi connectivity index (χ0n) is 18.3. The van der Waals surface area contributed by atoms with E-state index in [0.717, 1.165) is 23.1 Å². The van der Waals surface area contributed by atoms with Crippen molar-refractivity contribution in [1.82, 2.24) is 0 Å². The second-order valence-corrected chi connectivity index (χ2v) is 8.78. The maximum Gasteiger partial charge on any atom is 0.302 e. The zero-order valence-corrected chi connectivity index (χ0v) is 19.1. The molecule has 1 aliphatic rings. The minimum Gasteiger partial charge on any atom is -0.463 e. The number of aryl methyl sites for hydroxylation is 1. The van der Waals surface area contributed by atoms with Crippen molar-refractivity contribution in [3.63, 3.8) is 0 Å². The van der Waals surface area contributed by atoms with Gasteiger partial charge in [0.1, 0.15) is 6.61 Å². The fourth-order valence-corrected chi connectivity index (χ4v) is 4.23. The molecule has 0 aliphatic carbocycles. The lowest BCUT2D eigenvalue weighted by atomic mass is 9.78. The zero-order chi connectivity index (χ0) is 22.8. The van der Waals surface area contributed by atoms with Crippen LogP contribution in [0.5, 0.6) is 0 Å². The molecule has 1 saturated heterocycles. The van der Waals surface area contributed by atoms with Gasteiger partial charge in [0.05, 0.1) is 6.10 Å². The van der Waals surface area contributed by atoms with Gasteiger partial charge in [-0.05, 0) is 47.1 Å². The van der Waals surface area contributed by atoms with Gasteiger partial charge in [0.2, 0.25) is 0 Å². The number of carbonyl (C=O) groups excluding carboxylic acids is 1. The smallest absolute Gasteiger partial charge is 0.302 e. The van der Waals surface area contributed by atoms with Gasteiger partial charge in [-0.2, -0.15) is 0 Å². The Morgan fingerprint density at radius 3 is 2.39 bits per heavy atom. The lowest BCUT2D eigenvalue weighted by Crippen LogP contribution is -2.53. The van der Waals surface area contributed by atoms with Gasteiger partial charge in [0.25, 0.3) is 5.92 Å². The molecule has 4 unspecified atom stereocenters. The van der Waals surface area contributed by atoms with E-state index in [1.807, 2.05) is 12.1 Å². The molecule has 3 nitrogen and oxygen atoms in total. The average molecular weight is 451 g/mol. The first-order valence-electron chi connectivity index (χ1n) is 10.7. The highest BCUT2D eigenvalue weighted by molar-refractivity contribution is 6.31. The Kier molecular flexibility index (Phi) is 7.38. The molecule has 168 valence electrons. The number of halogens is 3. The number of carbonyl (C=O) groups is 1. The van der Waals surface area contributed by atoms with E-state index in [4.69, 9.17) is 21.1 Å². The van der Waals surface area contributed by atoms with Crippen molar-refractivity contribution < 1.29 is 23.0 Å². The van der Waals surface area contributed by atoms with Crippen LogP contribution < -0.4 is 0 Å². The van der Waals surface area contributed by atoms with Crippen LogP contribution in [0.15, 0.2) is 42.5 Å². The molecule has 1 aliphatic heterocycles. The average Bonchev–Trinajstić information content (AvgIpc) is 2.74. The van der Waals surface area contributed by atoms with Gasteiger partial charge in [-0.1, -0.05) is 68.8 Å². The number of ether oxygens (including phenoxy) is 2. The Balaban J connectivity index is 1.86. The molecule has 3 rings (SSSR count). The monoisotopic (exact) mass is 450 g/mol. The molecule has 0 N–H and O–H groups in total. The van der Waals surface area contributed by atoms with E-state index in [2.05, 4.69) is 31.2 Å². The van der Waals surface area contributed by atoms with Gasteiger partial charge in [0, 0.05) is 17.9 Å². The summed E-state index contributed by atoms with van der Waals surface area (Å²) in [5, 5.41) is 0.627. The van der Waals surface area contributed by atoms with E-state index in [1.165, 1.54) is 19.4 Å². The number of rotatable bonds is 6. The molecule has 0 bridgehead atoms. The summed E-state index contributed by atoms with van der Waals surface area (Å²) in [4.78, 5) is 11.2. The molecule has 2 aromatic rings. The van der Waals surface area contributed by atoms with Gasteiger partial charge in [-0.3, -0.25) is 4.79 Å². The predicted molar refractivity (Wildman–Crippen MR) is 118 cm³/mol. The summed E-state index contributed by atoms with van der Waals surface area (Å²) in [6.07, 6.45) is -0.424. The summed E-state index contributed by atoms with van der Waals surface area (Å²) < 4.78 is 40.3. The highest BCUT2D eigenvalue weighted by Gasteiger charge is 2.55. The second-order valence-electron chi connectivity index (χ2n) is 8.37. The maximum atomic E-state index is 14.8. The molecule has 1 heterocycles. The molecule has 4 atom stereocenters. The van der Waals surface area contributed by atoms with Crippen molar-refractivity contribution in [3.05, 3.63) is 69.7 Å². The van der Waals surface area contributed by atoms with Crippen molar-refractivity contribution in [2.45, 2.75) is 58.7 Å². The quantitative estimate of drug-likeness (QED) is 0.477. The summed E-state index contributed by atoms with van der Waals surface area (Å²) in [5.74, 6) is -5.07. The molecule has 0 amide bonds. The SMILES string of the molecule is CCc1ccc(Cc2cc(C3OC(COC(C)=O)C(F)(F)C(C)C3C)ccc2Cl)cc1. The molecule has 0 spiro atoms. The summed E-state index contributed by atoms with van der Waals surface area (Å²) in [7, 11) is 0. The van der Waals surface area contributed by atoms with Crippen LogP contribution in [-0.4, -0.2) is 24.6 Å². The van der Waals surface area contributed by atoms with Crippen molar-refractivity contribution in [2.75, 3.05) is 6.61 Å². The third-order valence-corrected chi connectivity index (χ3v) is 6.64. The van der Waals surface area contributed by atoms with E-state index < -0.39 is 42.5 Å². The van der Waals surface area contributed by atoms with E-state index >= 15 is 0 Å². The first-order chi connectivity index (χ1) is 14.6. The third kappa shape index (κ3) is 5.27. The molecule has 6 heteroatoms. The molecule has 0 aromatic heterocycles. The van der Waals surface area contributed by atoms with Crippen LogP contribution in [0, 0.1) is 11.8 Å². The van der Waals surface area contributed by atoms with Crippen LogP contribution in [0.1, 0.15) is 56.1 Å². The Bertz CT molecular complexity index is 913. The first-order valence-corrected chi connectivity index (χ1v) is 11.0. The predicted octanol–water partition coefficient (Wildman–Crippen LogP) is 6.40. The summed E-state index contributed by atoms with van der Waals surface area (Å²) in [6, 6.07) is 13.9. The maximum absolute atomic E-state index is 14.8. The lowest BCUT2D eigenvalue weighted by Gasteiger charge is -2.44. The van der Waals surface area contributed by atoms with Crippen molar-refractivity contribution >= 4 is 17.6 Å². The highest BCUT2D eigenvalue weighted by Crippen LogP contribution is 2.48. The Morgan fingerprint density at radius 1 is 1.13 bits per heavy atom. The fraction of sp³-hybridized carbons (Fsp3) is 0.480. The van der Waals surface area contributed by atoms with E-state index in [1.54, 1.807) is 13.0 Å². The van der Waals surface area contributed by atoms with Crippen molar-refractivity contribution in [1.29, 1.82) is 0 Å². The Hall–Kier alpha value is -1.98. The Morgan fingerprint density at radius 2 is 1.77 bits per heavy atom. The number of benzene rings is 2. The van der Waals surface area contributed by atoms with Gasteiger partial charge in [0.15, 0.2) is 6.10 Å². The largest absolute Gasteiger partial charge is 0.463 e. The number of hydrogen-bond acceptors (Lipinski definition) is 3. The molecule has 0 saturated carbocycles. The second kappa shape index (κ2) is 9.66. The van der Waals surface area contributed by atoms with E-state index in [9.17, 15) is 13.6 Å². The molecule has 0 radical (unpaired) electrons. The van der Waals surface area contributed by atoms with Crippen molar-refractivity contribution in [3.8, 4) is 0 Å². The van der Waals surface area contributed by atoms with Gasteiger partial charge < -0.3 is 9.47 Å². The molecular weight excluding hydrogens is 422 g/mol. The summed E-state index contributed by atoms with van der Waals surface area (Å²) in [6.45, 7) is 6.12. The molecule has 31 heavy (non-hydrogen) atoms. The van der Waals surface area contributed by atoms with E-state index in [-0.39, 0.29) is 0 Å². The summed E-state index contributed by atoms with van der Waals surface area (Å²) >= 11 is 6.45. The lowest BCUT2D eigenvalue weighted by molar-refractivity contribution is -0.260. The fourth-order valence-electron chi connectivity index (χ4n) is 4.04.